The minimum Gasteiger partial charge on any atom is -0.350 e. The van der Waals surface area contributed by atoms with E-state index in [1.54, 1.807) is 6.07 Å². The second-order valence-corrected chi connectivity index (χ2v) is 12.8. The smallest absolute Gasteiger partial charge is 0.289 e. The number of nitrogens with one attached hydrogen (secondary N) is 2. The van der Waals surface area contributed by atoms with E-state index >= 15 is 0 Å². The molecule has 4 rings (SSSR count). The number of carbonyl (C=O) groups is 2. The highest BCUT2D eigenvalue weighted by atomic mass is 16.5. The number of aromatic nitrogens is 1. The van der Waals surface area contributed by atoms with Gasteiger partial charge in [0.05, 0.1) is 0 Å². The lowest BCUT2D eigenvalue weighted by molar-refractivity contribution is 0.0902. The van der Waals surface area contributed by atoms with Crippen molar-refractivity contribution in [1.29, 1.82) is 0 Å². The van der Waals surface area contributed by atoms with Gasteiger partial charge in [0.15, 0.2) is 0 Å². The van der Waals surface area contributed by atoms with Gasteiger partial charge in [0, 0.05) is 29.4 Å². The van der Waals surface area contributed by atoms with Crippen LogP contribution in [0.15, 0.2) is 47.0 Å². The van der Waals surface area contributed by atoms with Crippen LogP contribution < -0.4 is 10.6 Å². The number of hydrogen-bond acceptors (Lipinski definition) is 4. The molecule has 0 aliphatic heterocycles. The molecule has 1 aliphatic rings. The third-order valence-corrected chi connectivity index (χ3v) is 7.40. The van der Waals surface area contributed by atoms with Crippen LogP contribution in [0.3, 0.4) is 0 Å². The molecule has 37 heavy (non-hydrogen) atoms. The van der Waals surface area contributed by atoms with Crippen molar-refractivity contribution in [3.63, 3.8) is 0 Å². The van der Waals surface area contributed by atoms with Gasteiger partial charge in [0.1, 0.15) is 5.69 Å². The number of fused-ring (bicyclic) bond motifs is 1. The summed E-state index contributed by atoms with van der Waals surface area (Å²) >= 11 is 0. The first-order valence-electron chi connectivity index (χ1n) is 13.0. The summed E-state index contributed by atoms with van der Waals surface area (Å²) in [6, 6.07) is 13.4. The molecule has 0 saturated heterocycles. The first kappa shape index (κ1) is 26.6. The molecule has 2 aromatic carbocycles. The monoisotopic (exact) mass is 501 g/mol. The van der Waals surface area contributed by atoms with Crippen molar-refractivity contribution >= 4 is 17.5 Å². The molecule has 6 nitrogen and oxygen atoms in total. The molecule has 6 heteroatoms. The Labute approximate surface area is 220 Å². The van der Waals surface area contributed by atoms with Crippen LogP contribution in [0.4, 0.5) is 5.69 Å². The summed E-state index contributed by atoms with van der Waals surface area (Å²) in [5, 5.41) is 10.0. The molecule has 2 N–H and O–H groups in total. The Morgan fingerprint density at radius 1 is 0.919 bits per heavy atom. The van der Waals surface area contributed by atoms with E-state index in [0.717, 1.165) is 24.0 Å². The van der Waals surface area contributed by atoms with Gasteiger partial charge in [-0.25, -0.2) is 0 Å². The van der Waals surface area contributed by atoms with Crippen molar-refractivity contribution < 1.29 is 14.1 Å². The molecular weight excluding hydrogens is 462 g/mol. The molecule has 0 spiro atoms. The highest BCUT2D eigenvalue weighted by Crippen LogP contribution is 2.46. The Morgan fingerprint density at radius 3 is 2.27 bits per heavy atom. The molecule has 2 amide bonds. The third kappa shape index (κ3) is 5.79. The van der Waals surface area contributed by atoms with E-state index < -0.39 is 0 Å². The molecule has 0 fully saturated rings. The van der Waals surface area contributed by atoms with Crippen molar-refractivity contribution in [2.24, 2.45) is 5.41 Å². The van der Waals surface area contributed by atoms with Gasteiger partial charge < -0.3 is 15.2 Å². The fraction of sp³-hybridized carbons (Fsp3) is 0.452. The van der Waals surface area contributed by atoms with E-state index in [-0.39, 0.29) is 33.8 Å². The predicted octanol–water partition coefficient (Wildman–Crippen LogP) is 7.03. The molecule has 0 bridgehead atoms. The van der Waals surface area contributed by atoms with Crippen LogP contribution in [0.1, 0.15) is 98.9 Å². The maximum atomic E-state index is 13.3. The molecule has 1 heterocycles. The molecule has 0 saturated carbocycles. The lowest BCUT2D eigenvalue weighted by Gasteiger charge is -2.42. The topological polar surface area (TPSA) is 84.2 Å². The fourth-order valence-electron chi connectivity index (χ4n) is 4.85. The molecule has 1 aliphatic carbocycles. The Kier molecular flexibility index (Phi) is 6.82. The predicted molar refractivity (Wildman–Crippen MR) is 148 cm³/mol. The highest BCUT2D eigenvalue weighted by Gasteiger charge is 2.37. The summed E-state index contributed by atoms with van der Waals surface area (Å²) in [4.78, 5) is 25.7. The van der Waals surface area contributed by atoms with Crippen LogP contribution in [0.5, 0.6) is 0 Å². The number of aryl methyl sites for hydroxylation is 1. The van der Waals surface area contributed by atoms with Crippen LogP contribution in [0.2, 0.25) is 0 Å². The average Bonchev–Trinajstić information content (AvgIpc) is 3.31. The van der Waals surface area contributed by atoms with Crippen LogP contribution in [-0.2, 0) is 10.8 Å². The lowest BCUT2D eigenvalue weighted by atomic mass is 9.63. The van der Waals surface area contributed by atoms with Gasteiger partial charge in [0.2, 0.25) is 5.76 Å². The second-order valence-electron chi connectivity index (χ2n) is 12.8. The standard InChI is InChI=1S/C31H39N3O3/c1-19-9-11-21(16-22(19)25-17-26(37-34-25)28(36)32-18-29(2,3)4)33-27(35)20-10-12-23-24(15-20)31(7,8)14-13-30(23,5)6/h9-12,15-17H,13-14,18H2,1-8H3,(H,32,36)(H,33,35). The first-order valence-corrected chi connectivity index (χ1v) is 13.0. The van der Waals surface area contributed by atoms with Gasteiger partial charge in [-0.3, -0.25) is 9.59 Å². The van der Waals surface area contributed by atoms with Crippen LogP contribution in [-0.4, -0.2) is 23.5 Å². The number of anilines is 1. The van der Waals surface area contributed by atoms with Gasteiger partial charge in [-0.05, 0) is 77.0 Å². The number of rotatable bonds is 5. The van der Waals surface area contributed by atoms with Gasteiger partial charge in [-0.15, -0.1) is 0 Å². The van der Waals surface area contributed by atoms with Crippen molar-refractivity contribution in [2.45, 2.75) is 79.1 Å². The summed E-state index contributed by atoms with van der Waals surface area (Å²) in [5.74, 6) is -0.291. The van der Waals surface area contributed by atoms with Gasteiger partial charge in [-0.2, -0.15) is 0 Å². The number of carbonyl (C=O) groups excluding carboxylic acids is 2. The van der Waals surface area contributed by atoms with Crippen molar-refractivity contribution in [2.75, 3.05) is 11.9 Å². The number of amides is 2. The minimum absolute atomic E-state index is 0.0298. The molecule has 1 aromatic heterocycles. The van der Waals surface area contributed by atoms with E-state index in [1.807, 2.05) is 52.0 Å². The zero-order chi connectivity index (χ0) is 27.2. The van der Waals surface area contributed by atoms with E-state index in [9.17, 15) is 9.59 Å². The van der Waals surface area contributed by atoms with E-state index in [0.29, 0.717) is 23.5 Å². The van der Waals surface area contributed by atoms with E-state index in [4.69, 9.17) is 4.52 Å². The highest BCUT2D eigenvalue weighted by molar-refractivity contribution is 6.05. The Bertz CT molecular complexity index is 1340. The van der Waals surface area contributed by atoms with Gasteiger partial charge in [-0.1, -0.05) is 65.8 Å². The summed E-state index contributed by atoms with van der Waals surface area (Å²) in [6.07, 6.45) is 2.22. The zero-order valence-corrected chi connectivity index (χ0v) is 23.3. The third-order valence-electron chi connectivity index (χ3n) is 7.40. The van der Waals surface area contributed by atoms with Crippen LogP contribution in [0, 0.1) is 12.3 Å². The number of benzene rings is 2. The molecule has 0 radical (unpaired) electrons. The average molecular weight is 502 g/mol. The van der Waals surface area contributed by atoms with E-state index in [1.165, 1.54) is 11.1 Å². The Hall–Kier alpha value is -3.41. The molecular formula is C31H39N3O3. The fourth-order valence-corrected chi connectivity index (χ4v) is 4.85. The normalized spacial score (nSPS) is 16.1. The summed E-state index contributed by atoms with van der Waals surface area (Å²) in [5.41, 5.74) is 6.28. The Balaban J connectivity index is 1.55. The minimum atomic E-state index is -0.297. The summed E-state index contributed by atoms with van der Waals surface area (Å²) < 4.78 is 5.33. The second kappa shape index (κ2) is 9.47. The lowest BCUT2D eigenvalue weighted by Crippen LogP contribution is -2.34. The van der Waals surface area contributed by atoms with Gasteiger partial charge in [0.25, 0.3) is 11.8 Å². The Morgan fingerprint density at radius 2 is 1.59 bits per heavy atom. The van der Waals surface area contributed by atoms with Crippen LogP contribution >= 0.6 is 0 Å². The largest absolute Gasteiger partial charge is 0.350 e. The molecule has 196 valence electrons. The quantitative estimate of drug-likeness (QED) is 0.393. The summed E-state index contributed by atoms with van der Waals surface area (Å²) in [7, 11) is 0. The number of hydrogen-bond donors (Lipinski definition) is 2. The van der Waals surface area contributed by atoms with Crippen molar-refractivity contribution in [3.05, 3.63) is 70.5 Å². The molecule has 0 atom stereocenters. The van der Waals surface area contributed by atoms with Gasteiger partial charge >= 0.3 is 0 Å². The summed E-state index contributed by atoms with van der Waals surface area (Å²) in [6.45, 7) is 17.7. The van der Waals surface area contributed by atoms with Crippen molar-refractivity contribution in [3.8, 4) is 11.3 Å². The zero-order valence-electron chi connectivity index (χ0n) is 23.3. The molecule has 3 aromatic rings. The maximum absolute atomic E-state index is 13.3. The number of nitrogens with zero attached hydrogens (tertiary/aromatic N) is 1. The maximum Gasteiger partial charge on any atom is 0.289 e. The van der Waals surface area contributed by atoms with Crippen molar-refractivity contribution in [1.82, 2.24) is 10.5 Å². The SMILES string of the molecule is Cc1ccc(NC(=O)c2ccc3c(c2)C(C)(C)CCC3(C)C)cc1-c1cc(C(=O)NCC(C)(C)C)on1. The van der Waals surface area contributed by atoms with Crippen LogP contribution in [0.25, 0.3) is 11.3 Å². The van der Waals surface area contributed by atoms with E-state index in [2.05, 4.69) is 55.6 Å². The molecule has 0 unspecified atom stereocenters. The first-order chi connectivity index (χ1) is 17.2.